The molecule has 0 amide bonds. The summed E-state index contributed by atoms with van der Waals surface area (Å²) in [5, 5.41) is 0. The Bertz CT molecular complexity index is 644. The molecule has 33 heavy (non-hydrogen) atoms. The summed E-state index contributed by atoms with van der Waals surface area (Å²) >= 11 is 0. The Morgan fingerprint density at radius 1 is 0.818 bits per heavy atom. The van der Waals surface area contributed by atoms with Crippen LogP contribution in [0.4, 0.5) is 0 Å². The Morgan fingerprint density at radius 3 is 1.97 bits per heavy atom. The van der Waals surface area contributed by atoms with Gasteiger partial charge in [0.05, 0.1) is 0 Å². The maximum atomic E-state index is 3.95. The summed E-state index contributed by atoms with van der Waals surface area (Å²) in [6.45, 7) is 26.2. The second kappa shape index (κ2) is 15.8. The molecule has 0 spiro atoms. The zero-order valence-electron chi connectivity index (χ0n) is 23.7. The summed E-state index contributed by atoms with van der Waals surface area (Å²) in [5.41, 5.74) is 3.17. The molecule has 0 saturated heterocycles. The highest BCUT2D eigenvalue weighted by atomic mass is 15.1. The van der Waals surface area contributed by atoms with Crippen molar-refractivity contribution in [3.05, 3.63) is 48.0 Å². The standard InChI is InChI=1S/C31H56BN/c1-11-13-14-15-19-27(8)30-20-16-17-21-31(30)29(10)32(33(24(3)4)25(5)6)28(9)23-22-26(7)18-12-2/h12,16-17,20-21,24-29H,2,11,13-15,18-19,22-23H2,1,3-10H3. The van der Waals surface area contributed by atoms with Gasteiger partial charge in [0.15, 0.2) is 0 Å². The van der Waals surface area contributed by atoms with E-state index in [9.17, 15) is 0 Å². The monoisotopic (exact) mass is 453 g/mol. The molecular formula is C31H56BN. The van der Waals surface area contributed by atoms with Gasteiger partial charge in [0, 0.05) is 0 Å². The molecule has 0 saturated carbocycles. The smallest absolute Gasteiger partial charge is 0.234 e. The number of hydrogen-bond acceptors (Lipinski definition) is 1. The number of unbranched alkanes of at least 4 members (excludes halogenated alkanes) is 3. The van der Waals surface area contributed by atoms with Crippen molar-refractivity contribution in [3.8, 4) is 0 Å². The molecule has 0 aliphatic carbocycles. The summed E-state index contributed by atoms with van der Waals surface area (Å²) < 4.78 is 0. The first-order valence-electron chi connectivity index (χ1n) is 14.1. The lowest BCUT2D eigenvalue weighted by Crippen LogP contribution is -2.53. The van der Waals surface area contributed by atoms with Crippen LogP contribution in [-0.4, -0.2) is 23.7 Å². The van der Waals surface area contributed by atoms with Gasteiger partial charge in [0.1, 0.15) is 0 Å². The fourth-order valence-electron chi connectivity index (χ4n) is 6.04. The first kappa shape index (κ1) is 30.0. The van der Waals surface area contributed by atoms with E-state index in [0.29, 0.717) is 36.5 Å². The van der Waals surface area contributed by atoms with Crippen molar-refractivity contribution >= 4 is 6.85 Å². The summed E-state index contributed by atoms with van der Waals surface area (Å²) in [6, 6.07) is 10.5. The first-order chi connectivity index (χ1) is 15.6. The van der Waals surface area contributed by atoms with Crippen molar-refractivity contribution in [1.29, 1.82) is 0 Å². The van der Waals surface area contributed by atoms with Crippen LogP contribution < -0.4 is 0 Å². The molecule has 0 heterocycles. The topological polar surface area (TPSA) is 3.24 Å². The van der Waals surface area contributed by atoms with Crippen LogP contribution >= 0.6 is 0 Å². The maximum absolute atomic E-state index is 3.95. The molecule has 0 radical (unpaired) electrons. The van der Waals surface area contributed by atoms with Crippen molar-refractivity contribution in [1.82, 2.24) is 4.81 Å². The van der Waals surface area contributed by atoms with E-state index in [0.717, 1.165) is 12.3 Å². The third-order valence-corrected chi connectivity index (χ3v) is 7.82. The average Bonchev–Trinajstić information content (AvgIpc) is 2.77. The molecule has 1 nitrogen and oxygen atoms in total. The predicted octanol–water partition coefficient (Wildman–Crippen LogP) is 9.90. The molecule has 0 bridgehead atoms. The van der Waals surface area contributed by atoms with Gasteiger partial charge in [-0.1, -0.05) is 131 Å². The summed E-state index contributed by atoms with van der Waals surface area (Å²) in [6.07, 6.45) is 12.5. The van der Waals surface area contributed by atoms with Crippen molar-refractivity contribution in [3.63, 3.8) is 0 Å². The summed E-state index contributed by atoms with van der Waals surface area (Å²) in [4.78, 5) is 2.80. The van der Waals surface area contributed by atoms with Gasteiger partial charge in [0.25, 0.3) is 0 Å². The molecule has 1 aromatic rings. The third kappa shape index (κ3) is 9.63. The van der Waals surface area contributed by atoms with Crippen LogP contribution in [0.5, 0.6) is 0 Å². The SMILES string of the molecule is C=CCC(C)CCC(C)B(C(C)c1ccccc1C(C)CCCCCC)N(C(C)C)C(C)C. The summed E-state index contributed by atoms with van der Waals surface area (Å²) in [7, 11) is 0. The Labute approximate surface area is 208 Å². The van der Waals surface area contributed by atoms with Crippen molar-refractivity contribution in [2.24, 2.45) is 5.92 Å². The lowest BCUT2D eigenvalue weighted by molar-refractivity contribution is 0.290. The van der Waals surface area contributed by atoms with Crippen LogP contribution in [0.3, 0.4) is 0 Å². The second-order valence-corrected chi connectivity index (χ2v) is 11.5. The van der Waals surface area contributed by atoms with Gasteiger partial charge in [-0.2, -0.15) is 0 Å². The minimum absolute atomic E-state index is 0.522. The summed E-state index contributed by atoms with van der Waals surface area (Å²) in [5.74, 6) is 2.54. The fourth-order valence-corrected chi connectivity index (χ4v) is 6.04. The Hall–Kier alpha value is -1.02. The molecule has 188 valence electrons. The van der Waals surface area contributed by atoms with Gasteiger partial charge in [-0.05, 0) is 59.5 Å². The highest BCUT2D eigenvalue weighted by Gasteiger charge is 2.38. The van der Waals surface area contributed by atoms with Crippen LogP contribution in [-0.2, 0) is 0 Å². The van der Waals surface area contributed by atoms with E-state index in [1.165, 1.54) is 44.9 Å². The number of allylic oxidation sites excluding steroid dienone is 1. The van der Waals surface area contributed by atoms with Gasteiger partial charge in [-0.25, -0.2) is 0 Å². The molecule has 1 rings (SSSR count). The predicted molar refractivity (Wildman–Crippen MR) is 153 cm³/mol. The Balaban J connectivity index is 3.21. The van der Waals surface area contributed by atoms with E-state index in [1.54, 1.807) is 11.1 Å². The zero-order chi connectivity index (χ0) is 25.0. The molecule has 1 aromatic carbocycles. The van der Waals surface area contributed by atoms with Gasteiger partial charge in [-0.15, -0.1) is 6.58 Å². The molecule has 0 fully saturated rings. The number of hydrogen-bond donors (Lipinski definition) is 0. The molecule has 0 aliphatic rings. The van der Waals surface area contributed by atoms with E-state index in [-0.39, 0.29) is 0 Å². The van der Waals surface area contributed by atoms with Crippen LogP contribution in [0.25, 0.3) is 0 Å². The van der Waals surface area contributed by atoms with Gasteiger partial charge in [0.2, 0.25) is 6.85 Å². The fraction of sp³-hybridized carbons (Fsp3) is 0.742. The van der Waals surface area contributed by atoms with Crippen LogP contribution in [0.15, 0.2) is 36.9 Å². The first-order valence-corrected chi connectivity index (χ1v) is 14.1. The molecular weight excluding hydrogens is 397 g/mol. The van der Waals surface area contributed by atoms with Crippen LogP contribution in [0.2, 0.25) is 5.82 Å². The van der Waals surface area contributed by atoms with E-state index in [1.807, 2.05) is 0 Å². The Kier molecular flexibility index (Phi) is 14.4. The number of nitrogens with zero attached hydrogens (tertiary/aromatic N) is 1. The van der Waals surface area contributed by atoms with Crippen molar-refractivity contribution in [2.45, 2.75) is 143 Å². The van der Waals surface area contributed by atoms with Gasteiger partial charge >= 0.3 is 0 Å². The lowest BCUT2D eigenvalue weighted by Gasteiger charge is -2.43. The highest BCUT2D eigenvalue weighted by molar-refractivity contribution is 6.59. The molecule has 2 heteroatoms. The number of benzene rings is 1. The molecule has 4 atom stereocenters. The van der Waals surface area contributed by atoms with E-state index >= 15 is 0 Å². The largest absolute Gasteiger partial charge is 0.337 e. The maximum Gasteiger partial charge on any atom is 0.234 e. The quantitative estimate of drug-likeness (QED) is 0.129. The second-order valence-electron chi connectivity index (χ2n) is 11.5. The van der Waals surface area contributed by atoms with Crippen molar-refractivity contribution in [2.75, 3.05) is 0 Å². The highest BCUT2D eigenvalue weighted by Crippen LogP contribution is 2.38. The van der Waals surface area contributed by atoms with E-state index in [2.05, 4.69) is 104 Å². The molecule has 4 unspecified atom stereocenters. The van der Waals surface area contributed by atoms with E-state index in [4.69, 9.17) is 0 Å². The lowest BCUT2D eigenvalue weighted by atomic mass is 9.39. The van der Waals surface area contributed by atoms with E-state index < -0.39 is 0 Å². The molecule has 0 N–H and O–H groups in total. The minimum Gasteiger partial charge on any atom is -0.337 e. The zero-order valence-corrected chi connectivity index (χ0v) is 23.7. The number of rotatable bonds is 17. The Morgan fingerprint density at radius 2 is 1.42 bits per heavy atom. The van der Waals surface area contributed by atoms with Crippen LogP contribution in [0, 0.1) is 5.92 Å². The van der Waals surface area contributed by atoms with Crippen molar-refractivity contribution < 1.29 is 0 Å². The van der Waals surface area contributed by atoms with Crippen LogP contribution in [0.1, 0.15) is 137 Å². The third-order valence-electron chi connectivity index (χ3n) is 7.82. The normalized spacial score (nSPS) is 15.6. The van der Waals surface area contributed by atoms with Gasteiger partial charge < -0.3 is 4.81 Å². The minimum atomic E-state index is 0.522. The molecule has 0 aromatic heterocycles. The molecule has 0 aliphatic heterocycles. The average molecular weight is 454 g/mol. The van der Waals surface area contributed by atoms with Gasteiger partial charge in [-0.3, -0.25) is 0 Å².